The van der Waals surface area contributed by atoms with Gasteiger partial charge in [0.05, 0.1) is 23.2 Å². The number of aromatic nitrogens is 2. The molecule has 0 unspecified atom stereocenters. The maximum atomic E-state index is 11.8. The van der Waals surface area contributed by atoms with Crippen molar-refractivity contribution in [2.45, 2.75) is 19.8 Å². The van der Waals surface area contributed by atoms with Crippen molar-refractivity contribution in [1.29, 1.82) is 0 Å². The molecule has 0 radical (unpaired) electrons. The summed E-state index contributed by atoms with van der Waals surface area (Å²) in [5, 5.41) is 3.30. The Morgan fingerprint density at radius 1 is 1.21 bits per heavy atom. The molecule has 3 rings (SSSR count). The van der Waals surface area contributed by atoms with E-state index in [0.29, 0.717) is 12.2 Å². The van der Waals surface area contributed by atoms with Gasteiger partial charge in [0, 0.05) is 6.54 Å². The number of nitrogens with one attached hydrogen (secondary N) is 2. The predicted molar refractivity (Wildman–Crippen MR) is 95.3 cm³/mol. The van der Waals surface area contributed by atoms with Gasteiger partial charge in [0.2, 0.25) is 5.95 Å². The summed E-state index contributed by atoms with van der Waals surface area (Å²) >= 11 is 0. The van der Waals surface area contributed by atoms with E-state index < -0.39 is 0 Å². The van der Waals surface area contributed by atoms with Crippen molar-refractivity contribution < 1.29 is 9.53 Å². The highest BCUT2D eigenvalue weighted by Crippen LogP contribution is 2.17. The Balaban J connectivity index is 1.58. The van der Waals surface area contributed by atoms with E-state index in [4.69, 9.17) is 4.74 Å². The highest BCUT2D eigenvalue weighted by Gasteiger charge is 2.09. The third kappa shape index (κ3) is 3.93. The lowest BCUT2D eigenvalue weighted by Gasteiger charge is -2.03. The quantitative estimate of drug-likeness (QED) is 0.513. The van der Waals surface area contributed by atoms with Crippen LogP contribution < -0.4 is 5.32 Å². The van der Waals surface area contributed by atoms with Crippen LogP contribution in [0.1, 0.15) is 29.3 Å². The van der Waals surface area contributed by atoms with E-state index in [2.05, 4.69) is 39.6 Å². The van der Waals surface area contributed by atoms with Crippen LogP contribution in [0.5, 0.6) is 0 Å². The molecule has 0 spiro atoms. The summed E-state index contributed by atoms with van der Waals surface area (Å²) in [5.41, 5.74) is 3.52. The number of fused-ring (bicyclic) bond motifs is 1. The predicted octanol–water partition coefficient (Wildman–Crippen LogP) is 3.78. The topological polar surface area (TPSA) is 67.0 Å². The lowest BCUT2D eigenvalue weighted by molar-refractivity contribution is 0.0526. The first-order valence-electron chi connectivity index (χ1n) is 8.21. The zero-order valence-corrected chi connectivity index (χ0v) is 13.7. The molecule has 0 aliphatic heterocycles. The highest BCUT2D eigenvalue weighted by atomic mass is 16.5. The zero-order valence-electron chi connectivity index (χ0n) is 13.7. The van der Waals surface area contributed by atoms with Gasteiger partial charge in [-0.25, -0.2) is 9.78 Å². The minimum Gasteiger partial charge on any atom is -0.462 e. The van der Waals surface area contributed by atoms with E-state index in [0.717, 1.165) is 36.4 Å². The van der Waals surface area contributed by atoms with Crippen molar-refractivity contribution in [2.24, 2.45) is 0 Å². The molecule has 0 saturated carbocycles. The minimum absolute atomic E-state index is 0.314. The molecule has 0 fully saturated rings. The number of hydrogen-bond acceptors (Lipinski definition) is 4. The van der Waals surface area contributed by atoms with Gasteiger partial charge in [0.15, 0.2) is 0 Å². The van der Waals surface area contributed by atoms with Crippen molar-refractivity contribution in [3.05, 3.63) is 59.7 Å². The van der Waals surface area contributed by atoms with Crippen LogP contribution in [0.3, 0.4) is 0 Å². The number of carbonyl (C=O) groups is 1. The van der Waals surface area contributed by atoms with Crippen LogP contribution in [-0.4, -0.2) is 29.1 Å². The van der Waals surface area contributed by atoms with Gasteiger partial charge in [0.25, 0.3) is 0 Å². The molecule has 2 N–H and O–H groups in total. The molecule has 5 heteroatoms. The molecular weight excluding hydrogens is 302 g/mol. The number of aromatic amines is 1. The standard InChI is InChI=1S/C19H21N3O2/c1-2-24-18(23)15-10-11-16-17(13-15)22-19(21-16)20-12-6-9-14-7-4-3-5-8-14/h3-5,7-8,10-11,13H,2,6,9,12H2,1H3,(H2,20,21,22). The molecular formula is C19H21N3O2. The third-order valence-electron chi connectivity index (χ3n) is 3.77. The normalized spacial score (nSPS) is 10.7. The van der Waals surface area contributed by atoms with Crippen LogP contribution in [0.2, 0.25) is 0 Å². The molecule has 2 aromatic carbocycles. The lowest BCUT2D eigenvalue weighted by atomic mass is 10.1. The van der Waals surface area contributed by atoms with Gasteiger partial charge >= 0.3 is 5.97 Å². The summed E-state index contributed by atoms with van der Waals surface area (Å²) in [7, 11) is 0. The number of benzene rings is 2. The number of aryl methyl sites for hydroxylation is 1. The fourth-order valence-electron chi connectivity index (χ4n) is 2.58. The molecule has 0 bridgehead atoms. The largest absolute Gasteiger partial charge is 0.462 e. The number of rotatable bonds is 7. The van der Waals surface area contributed by atoms with E-state index in [9.17, 15) is 4.79 Å². The van der Waals surface area contributed by atoms with Crippen LogP contribution in [0, 0.1) is 0 Å². The summed E-state index contributed by atoms with van der Waals surface area (Å²) in [6.07, 6.45) is 2.05. The summed E-state index contributed by atoms with van der Waals surface area (Å²) in [6.45, 7) is 3.00. The first-order valence-corrected chi connectivity index (χ1v) is 8.21. The van der Waals surface area contributed by atoms with Gasteiger partial charge in [-0.2, -0.15) is 0 Å². The zero-order chi connectivity index (χ0) is 16.8. The molecule has 0 aliphatic rings. The second-order valence-electron chi connectivity index (χ2n) is 5.55. The lowest BCUT2D eigenvalue weighted by Crippen LogP contribution is -2.04. The van der Waals surface area contributed by atoms with E-state index >= 15 is 0 Å². The van der Waals surface area contributed by atoms with Gasteiger partial charge in [-0.15, -0.1) is 0 Å². The molecule has 1 aromatic heterocycles. The number of ether oxygens (including phenoxy) is 1. The van der Waals surface area contributed by atoms with Crippen molar-refractivity contribution >= 4 is 23.0 Å². The number of esters is 1. The third-order valence-corrected chi connectivity index (χ3v) is 3.77. The maximum Gasteiger partial charge on any atom is 0.338 e. The summed E-state index contributed by atoms with van der Waals surface area (Å²) in [6, 6.07) is 15.8. The van der Waals surface area contributed by atoms with Crippen LogP contribution in [0.4, 0.5) is 5.95 Å². The summed E-state index contributed by atoms with van der Waals surface area (Å²) < 4.78 is 5.02. The van der Waals surface area contributed by atoms with Crippen molar-refractivity contribution in [3.63, 3.8) is 0 Å². The summed E-state index contributed by atoms with van der Waals surface area (Å²) in [4.78, 5) is 19.5. The monoisotopic (exact) mass is 323 g/mol. The fraction of sp³-hybridized carbons (Fsp3) is 0.263. The second-order valence-corrected chi connectivity index (χ2v) is 5.55. The molecule has 1 heterocycles. The molecule has 124 valence electrons. The van der Waals surface area contributed by atoms with Gasteiger partial charge in [-0.05, 0) is 43.5 Å². The number of H-pyrrole nitrogens is 1. The first-order chi connectivity index (χ1) is 11.8. The van der Waals surface area contributed by atoms with Crippen LogP contribution in [0.15, 0.2) is 48.5 Å². The van der Waals surface area contributed by atoms with Crippen LogP contribution in [0.25, 0.3) is 11.0 Å². The smallest absolute Gasteiger partial charge is 0.338 e. The van der Waals surface area contributed by atoms with Crippen molar-refractivity contribution in [1.82, 2.24) is 9.97 Å². The Morgan fingerprint density at radius 3 is 2.83 bits per heavy atom. The average molecular weight is 323 g/mol. The Kier molecular flexibility index (Phi) is 5.11. The number of carbonyl (C=O) groups excluding carboxylic acids is 1. The highest BCUT2D eigenvalue weighted by molar-refractivity contribution is 5.94. The van der Waals surface area contributed by atoms with Gasteiger partial charge in [-0.3, -0.25) is 0 Å². The Hall–Kier alpha value is -2.82. The SMILES string of the molecule is CCOC(=O)c1ccc2nc(NCCCc3ccccc3)[nH]c2c1. The first kappa shape index (κ1) is 16.1. The number of hydrogen-bond donors (Lipinski definition) is 2. The number of imidazole rings is 1. The fourth-order valence-corrected chi connectivity index (χ4v) is 2.58. The average Bonchev–Trinajstić information content (AvgIpc) is 3.02. The molecule has 0 saturated heterocycles. The van der Waals surface area contributed by atoms with Crippen molar-refractivity contribution in [3.8, 4) is 0 Å². The van der Waals surface area contributed by atoms with Gasteiger partial charge < -0.3 is 15.0 Å². The molecule has 3 aromatic rings. The van der Waals surface area contributed by atoms with Crippen molar-refractivity contribution in [2.75, 3.05) is 18.5 Å². The maximum absolute atomic E-state index is 11.8. The molecule has 0 amide bonds. The molecule has 0 atom stereocenters. The Morgan fingerprint density at radius 2 is 2.04 bits per heavy atom. The molecule has 24 heavy (non-hydrogen) atoms. The molecule has 5 nitrogen and oxygen atoms in total. The Bertz CT molecular complexity index is 812. The minimum atomic E-state index is -0.314. The van der Waals surface area contributed by atoms with Crippen LogP contribution >= 0.6 is 0 Å². The van der Waals surface area contributed by atoms with Gasteiger partial charge in [-0.1, -0.05) is 30.3 Å². The van der Waals surface area contributed by atoms with Crippen LogP contribution in [-0.2, 0) is 11.2 Å². The summed E-state index contributed by atoms with van der Waals surface area (Å²) in [5.74, 6) is 0.408. The van der Waals surface area contributed by atoms with Gasteiger partial charge in [0.1, 0.15) is 0 Å². The molecule has 0 aliphatic carbocycles. The van der Waals surface area contributed by atoms with E-state index in [-0.39, 0.29) is 5.97 Å². The van der Waals surface area contributed by atoms with E-state index in [1.54, 1.807) is 19.1 Å². The number of nitrogens with zero attached hydrogens (tertiary/aromatic N) is 1. The second kappa shape index (κ2) is 7.64. The number of anilines is 1. The Labute approximate surface area is 141 Å². The van der Waals surface area contributed by atoms with E-state index in [1.165, 1.54) is 5.56 Å². The van der Waals surface area contributed by atoms with E-state index in [1.807, 2.05) is 12.1 Å².